The summed E-state index contributed by atoms with van der Waals surface area (Å²) in [5, 5.41) is 2.93. The summed E-state index contributed by atoms with van der Waals surface area (Å²) in [5.41, 5.74) is 12.9. The van der Waals surface area contributed by atoms with Crippen molar-refractivity contribution < 1.29 is 9.59 Å². The minimum Gasteiger partial charge on any atom is -0.399 e. The van der Waals surface area contributed by atoms with Gasteiger partial charge in [0, 0.05) is 11.4 Å². The van der Waals surface area contributed by atoms with Gasteiger partial charge in [-0.2, -0.15) is 0 Å². The van der Waals surface area contributed by atoms with Gasteiger partial charge in [0.05, 0.1) is 17.0 Å². The molecule has 0 aliphatic heterocycles. The average Bonchev–Trinajstić information content (AvgIpc) is 2.40. The third kappa shape index (κ3) is 3.97. The predicted molar refractivity (Wildman–Crippen MR) is 83.2 cm³/mol. The molecule has 5 N–H and O–H groups in total. The molecular formula is C15H14ClN3O2. The minimum absolute atomic E-state index is 0.165. The van der Waals surface area contributed by atoms with Crippen LogP contribution in [0.2, 0.25) is 5.02 Å². The summed E-state index contributed by atoms with van der Waals surface area (Å²) in [6.45, 7) is 0. The number of nitrogens with one attached hydrogen (secondary N) is 1. The Labute approximate surface area is 126 Å². The molecule has 5 nitrogen and oxygen atoms in total. The van der Waals surface area contributed by atoms with E-state index in [9.17, 15) is 9.59 Å². The van der Waals surface area contributed by atoms with Crippen LogP contribution in [0.15, 0.2) is 42.5 Å². The molecule has 0 saturated heterocycles. The summed E-state index contributed by atoms with van der Waals surface area (Å²) in [6.07, 6.45) is 0.180. The lowest BCUT2D eigenvalue weighted by atomic mass is 10.1. The van der Waals surface area contributed by atoms with Crippen LogP contribution in [0, 0.1) is 0 Å². The number of nitrogens with two attached hydrogens (primary N) is 2. The molecule has 2 rings (SSSR count). The zero-order valence-corrected chi connectivity index (χ0v) is 11.9. The molecule has 108 valence electrons. The monoisotopic (exact) mass is 303 g/mol. The van der Waals surface area contributed by atoms with Crippen LogP contribution < -0.4 is 16.8 Å². The standard InChI is InChI=1S/C15H14ClN3O2/c16-13-5-4-11(8-12(13)15(18)21)19-14(20)7-9-2-1-3-10(17)6-9/h1-6,8H,7,17H2,(H2,18,21)(H,19,20). The molecule has 0 aliphatic rings. The summed E-state index contributed by atoms with van der Waals surface area (Å²) in [4.78, 5) is 23.2. The van der Waals surface area contributed by atoms with Gasteiger partial charge in [-0.25, -0.2) is 0 Å². The van der Waals surface area contributed by atoms with Crippen molar-refractivity contribution in [3.8, 4) is 0 Å². The highest BCUT2D eigenvalue weighted by Crippen LogP contribution is 2.20. The Bertz CT molecular complexity index is 701. The first-order chi connectivity index (χ1) is 9.95. The third-order valence-electron chi connectivity index (χ3n) is 2.83. The van der Waals surface area contributed by atoms with Gasteiger partial charge in [0.1, 0.15) is 0 Å². The van der Waals surface area contributed by atoms with Crippen molar-refractivity contribution >= 4 is 34.8 Å². The van der Waals surface area contributed by atoms with Crippen LogP contribution in [-0.2, 0) is 11.2 Å². The van der Waals surface area contributed by atoms with Crippen LogP contribution in [0.3, 0.4) is 0 Å². The van der Waals surface area contributed by atoms with Crippen molar-refractivity contribution in [3.63, 3.8) is 0 Å². The lowest BCUT2D eigenvalue weighted by Crippen LogP contribution is -2.16. The van der Waals surface area contributed by atoms with E-state index in [4.69, 9.17) is 23.1 Å². The van der Waals surface area contributed by atoms with Crippen molar-refractivity contribution in [3.05, 3.63) is 58.6 Å². The number of rotatable bonds is 4. The van der Waals surface area contributed by atoms with Gasteiger partial charge in [-0.15, -0.1) is 0 Å². The van der Waals surface area contributed by atoms with E-state index in [1.54, 1.807) is 24.3 Å². The van der Waals surface area contributed by atoms with Crippen LogP contribution in [0.25, 0.3) is 0 Å². The Kier molecular flexibility index (Phi) is 4.45. The molecule has 21 heavy (non-hydrogen) atoms. The number of carbonyl (C=O) groups excluding carboxylic acids is 2. The number of halogens is 1. The molecule has 0 atom stereocenters. The largest absolute Gasteiger partial charge is 0.399 e. The highest BCUT2D eigenvalue weighted by atomic mass is 35.5. The van der Waals surface area contributed by atoms with E-state index in [-0.39, 0.29) is 22.9 Å². The molecule has 2 aromatic carbocycles. The van der Waals surface area contributed by atoms with E-state index >= 15 is 0 Å². The molecule has 0 heterocycles. The van der Waals surface area contributed by atoms with Gasteiger partial charge in [-0.3, -0.25) is 9.59 Å². The molecule has 0 radical (unpaired) electrons. The Morgan fingerprint density at radius 1 is 1.14 bits per heavy atom. The van der Waals surface area contributed by atoms with Gasteiger partial charge in [0.15, 0.2) is 0 Å². The van der Waals surface area contributed by atoms with Crippen molar-refractivity contribution in [2.75, 3.05) is 11.1 Å². The zero-order chi connectivity index (χ0) is 15.4. The minimum atomic E-state index is -0.646. The number of carbonyl (C=O) groups is 2. The lowest BCUT2D eigenvalue weighted by Gasteiger charge is -2.08. The maximum absolute atomic E-state index is 12.0. The quantitative estimate of drug-likeness (QED) is 0.755. The van der Waals surface area contributed by atoms with Gasteiger partial charge in [-0.05, 0) is 35.9 Å². The molecule has 2 aromatic rings. The molecule has 6 heteroatoms. The van der Waals surface area contributed by atoms with E-state index in [0.717, 1.165) is 5.56 Å². The fraction of sp³-hybridized carbons (Fsp3) is 0.0667. The molecule has 0 aromatic heterocycles. The molecule has 0 aliphatic carbocycles. The van der Waals surface area contributed by atoms with Gasteiger partial charge in [0.2, 0.25) is 11.8 Å². The van der Waals surface area contributed by atoms with Gasteiger partial charge in [-0.1, -0.05) is 23.7 Å². The van der Waals surface area contributed by atoms with E-state index in [1.807, 2.05) is 6.07 Å². The van der Waals surface area contributed by atoms with Gasteiger partial charge in [0.25, 0.3) is 0 Å². The second-order valence-electron chi connectivity index (χ2n) is 4.53. The molecular weight excluding hydrogens is 290 g/mol. The number of hydrogen-bond donors (Lipinski definition) is 3. The first-order valence-corrected chi connectivity index (χ1v) is 6.57. The Balaban J connectivity index is 2.09. The Morgan fingerprint density at radius 3 is 2.57 bits per heavy atom. The maximum atomic E-state index is 12.0. The number of hydrogen-bond acceptors (Lipinski definition) is 3. The van der Waals surface area contributed by atoms with Crippen molar-refractivity contribution in [2.24, 2.45) is 5.73 Å². The molecule has 0 unspecified atom stereocenters. The van der Waals surface area contributed by atoms with Gasteiger partial charge >= 0.3 is 0 Å². The first-order valence-electron chi connectivity index (χ1n) is 6.19. The topological polar surface area (TPSA) is 98.2 Å². The van der Waals surface area contributed by atoms with E-state index in [2.05, 4.69) is 5.32 Å². The average molecular weight is 304 g/mol. The molecule has 0 fully saturated rings. The number of nitrogen functional groups attached to an aromatic ring is 1. The number of amides is 2. The SMILES string of the molecule is NC(=O)c1cc(NC(=O)Cc2cccc(N)c2)ccc1Cl. The first kappa shape index (κ1) is 14.9. The van der Waals surface area contributed by atoms with E-state index in [0.29, 0.717) is 11.4 Å². The zero-order valence-electron chi connectivity index (χ0n) is 11.1. The van der Waals surface area contributed by atoms with Crippen LogP contribution in [-0.4, -0.2) is 11.8 Å². The maximum Gasteiger partial charge on any atom is 0.250 e. The van der Waals surface area contributed by atoms with Crippen LogP contribution in [0.1, 0.15) is 15.9 Å². The third-order valence-corrected chi connectivity index (χ3v) is 3.16. The van der Waals surface area contributed by atoms with Crippen molar-refractivity contribution in [2.45, 2.75) is 6.42 Å². The fourth-order valence-electron chi connectivity index (χ4n) is 1.89. The molecule has 0 bridgehead atoms. The van der Waals surface area contributed by atoms with E-state index in [1.165, 1.54) is 12.1 Å². The summed E-state index contributed by atoms with van der Waals surface area (Å²) in [6, 6.07) is 11.6. The highest BCUT2D eigenvalue weighted by Gasteiger charge is 2.10. The molecule has 0 spiro atoms. The molecule has 0 saturated carbocycles. The second kappa shape index (κ2) is 6.28. The van der Waals surface area contributed by atoms with E-state index < -0.39 is 5.91 Å². The smallest absolute Gasteiger partial charge is 0.250 e. The molecule has 2 amide bonds. The normalized spacial score (nSPS) is 10.1. The number of primary amides is 1. The van der Waals surface area contributed by atoms with Crippen LogP contribution in [0.5, 0.6) is 0 Å². The van der Waals surface area contributed by atoms with Gasteiger partial charge < -0.3 is 16.8 Å². The lowest BCUT2D eigenvalue weighted by molar-refractivity contribution is -0.115. The van der Waals surface area contributed by atoms with Crippen LogP contribution >= 0.6 is 11.6 Å². The number of anilines is 2. The Hall–Kier alpha value is -2.53. The summed E-state index contributed by atoms with van der Waals surface area (Å²) in [5.74, 6) is -0.870. The number of benzene rings is 2. The summed E-state index contributed by atoms with van der Waals surface area (Å²) >= 11 is 5.85. The summed E-state index contributed by atoms with van der Waals surface area (Å²) in [7, 11) is 0. The second-order valence-corrected chi connectivity index (χ2v) is 4.94. The van der Waals surface area contributed by atoms with Crippen LogP contribution in [0.4, 0.5) is 11.4 Å². The Morgan fingerprint density at radius 2 is 1.90 bits per heavy atom. The predicted octanol–water partition coefficient (Wildman–Crippen LogP) is 2.20. The fourth-order valence-corrected chi connectivity index (χ4v) is 2.10. The van der Waals surface area contributed by atoms with Crippen molar-refractivity contribution in [1.29, 1.82) is 0 Å². The summed E-state index contributed by atoms with van der Waals surface area (Å²) < 4.78 is 0. The van der Waals surface area contributed by atoms with Crippen molar-refractivity contribution in [1.82, 2.24) is 0 Å². The highest BCUT2D eigenvalue weighted by molar-refractivity contribution is 6.34.